The second-order valence-electron chi connectivity index (χ2n) is 5.85. The summed E-state index contributed by atoms with van der Waals surface area (Å²) in [7, 11) is 2.36. The highest BCUT2D eigenvalue weighted by molar-refractivity contribution is 5.91. The third-order valence-electron chi connectivity index (χ3n) is 3.53. The highest BCUT2D eigenvalue weighted by Gasteiger charge is 2.19. The maximum absolute atomic E-state index is 11.9. The number of methoxy groups -OCH3 is 2. The van der Waals surface area contributed by atoms with Crippen molar-refractivity contribution in [2.45, 2.75) is 65.2 Å². The average molecular weight is 398 g/mol. The number of hydrogen-bond donors (Lipinski definition) is 0. The third-order valence-corrected chi connectivity index (χ3v) is 3.53. The molecule has 0 aromatic carbocycles. The SMILES string of the molecule is CCCC/C=C(/OC(=O)CCC(=O)O/C(=C/CCCC)C(=O)OC)C(=O)OC. The molecule has 0 radical (unpaired) electrons. The van der Waals surface area contributed by atoms with Gasteiger partial charge in [0, 0.05) is 0 Å². The van der Waals surface area contributed by atoms with E-state index in [1.807, 2.05) is 13.8 Å². The number of carbonyl (C=O) groups excluding carboxylic acids is 4. The van der Waals surface area contributed by atoms with Crippen LogP contribution in [-0.4, -0.2) is 38.1 Å². The molecule has 0 saturated carbocycles. The molecule has 0 aliphatic carbocycles. The van der Waals surface area contributed by atoms with Crippen molar-refractivity contribution in [3.63, 3.8) is 0 Å². The van der Waals surface area contributed by atoms with Crippen molar-refractivity contribution in [1.82, 2.24) is 0 Å². The molecular weight excluding hydrogens is 368 g/mol. The first kappa shape index (κ1) is 25.4. The highest BCUT2D eigenvalue weighted by Crippen LogP contribution is 2.11. The van der Waals surface area contributed by atoms with Crippen LogP contribution in [-0.2, 0) is 38.1 Å². The fourth-order valence-electron chi connectivity index (χ4n) is 1.96. The van der Waals surface area contributed by atoms with Crippen LogP contribution in [0.2, 0.25) is 0 Å². The zero-order chi connectivity index (χ0) is 21.4. The van der Waals surface area contributed by atoms with Gasteiger partial charge >= 0.3 is 23.9 Å². The van der Waals surface area contributed by atoms with Gasteiger partial charge in [0.15, 0.2) is 0 Å². The molecule has 0 aliphatic heterocycles. The number of hydrogen-bond acceptors (Lipinski definition) is 8. The van der Waals surface area contributed by atoms with Gasteiger partial charge in [0.05, 0.1) is 27.1 Å². The molecule has 0 N–H and O–H groups in total. The number of rotatable bonds is 13. The monoisotopic (exact) mass is 398 g/mol. The van der Waals surface area contributed by atoms with E-state index in [2.05, 4.69) is 9.47 Å². The van der Waals surface area contributed by atoms with Gasteiger partial charge in [-0.25, -0.2) is 9.59 Å². The summed E-state index contributed by atoms with van der Waals surface area (Å²) >= 11 is 0. The van der Waals surface area contributed by atoms with E-state index in [1.54, 1.807) is 0 Å². The smallest absolute Gasteiger partial charge is 0.373 e. The van der Waals surface area contributed by atoms with E-state index in [9.17, 15) is 19.2 Å². The minimum atomic E-state index is -0.778. The molecule has 8 heteroatoms. The lowest BCUT2D eigenvalue weighted by atomic mass is 10.2. The first-order valence-electron chi connectivity index (χ1n) is 9.37. The molecule has 0 heterocycles. The molecule has 0 aromatic rings. The van der Waals surface area contributed by atoms with Crippen molar-refractivity contribution >= 4 is 23.9 Å². The topological polar surface area (TPSA) is 105 Å². The summed E-state index contributed by atoms with van der Waals surface area (Å²) in [5.41, 5.74) is 0. The molecule has 0 aromatic heterocycles. The van der Waals surface area contributed by atoms with E-state index in [0.29, 0.717) is 12.8 Å². The van der Waals surface area contributed by atoms with Crippen molar-refractivity contribution < 1.29 is 38.1 Å². The number of esters is 4. The van der Waals surface area contributed by atoms with Gasteiger partial charge in [-0.3, -0.25) is 9.59 Å². The van der Waals surface area contributed by atoms with Gasteiger partial charge in [0.1, 0.15) is 0 Å². The summed E-state index contributed by atoms with van der Waals surface area (Å²) < 4.78 is 19.1. The lowest BCUT2D eigenvalue weighted by Crippen LogP contribution is -2.16. The van der Waals surface area contributed by atoms with Gasteiger partial charge < -0.3 is 18.9 Å². The van der Waals surface area contributed by atoms with Gasteiger partial charge in [0.25, 0.3) is 0 Å². The van der Waals surface area contributed by atoms with Crippen molar-refractivity contribution in [1.29, 1.82) is 0 Å². The van der Waals surface area contributed by atoms with Crippen LogP contribution in [0.4, 0.5) is 0 Å². The Kier molecular flexibility index (Phi) is 14.0. The lowest BCUT2D eigenvalue weighted by molar-refractivity contribution is -0.153. The number of unbranched alkanes of at least 4 members (excludes halogenated alkanes) is 4. The van der Waals surface area contributed by atoms with Crippen molar-refractivity contribution in [2.24, 2.45) is 0 Å². The fourth-order valence-corrected chi connectivity index (χ4v) is 1.96. The summed E-state index contributed by atoms with van der Waals surface area (Å²) in [5, 5.41) is 0. The molecular formula is C20H30O8. The second kappa shape index (κ2) is 15.4. The molecule has 0 unspecified atom stereocenters. The zero-order valence-electron chi connectivity index (χ0n) is 17.1. The van der Waals surface area contributed by atoms with Crippen molar-refractivity contribution in [3.05, 3.63) is 23.7 Å². The largest absolute Gasteiger partial charge is 0.463 e. The van der Waals surface area contributed by atoms with Crippen LogP contribution in [0.15, 0.2) is 23.7 Å². The van der Waals surface area contributed by atoms with Crippen LogP contribution < -0.4 is 0 Å². The van der Waals surface area contributed by atoms with E-state index in [0.717, 1.165) is 25.7 Å². The molecule has 0 fully saturated rings. The molecule has 8 nitrogen and oxygen atoms in total. The molecule has 158 valence electrons. The van der Waals surface area contributed by atoms with Crippen LogP contribution >= 0.6 is 0 Å². The van der Waals surface area contributed by atoms with Crippen LogP contribution in [0.3, 0.4) is 0 Å². The molecule has 0 amide bonds. The number of ether oxygens (including phenoxy) is 4. The minimum absolute atomic E-state index is 0.205. The van der Waals surface area contributed by atoms with Gasteiger partial charge in [-0.15, -0.1) is 0 Å². The molecule has 0 saturated heterocycles. The Morgan fingerprint density at radius 3 is 1.32 bits per heavy atom. The molecule has 0 atom stereocenters. The third kappa shape index (κ3) is 11.2. The fraction of sp³-hybridized carbons (Fsp3) is 0.600. The van der Waals surface area contributed by atoms with Gasteiger partial charge in [-0.1, -0.05) is 26.7 Å². The Morgan fingerprint density at radius 2 is 1.04 bits per heavy atom. The summed E-state index contributed by atoms with van der Waals surface area (Å²) in [5.74, 6) is -3.50. The Labute approximate surface area is 165 Å². The van der Waals surface area contributed by atoms with E-state index >= 15 is 0 Å². The summed E-state index contributed by atoms with van der Waals surface area (Å²) in [4.78, 5) is 47.1. The van der Waals surface area contributed by atoms with E-state index < -0.39 is 23.9 Å². The van der Waals surface area contributed by atoms with Gasteiger partial charge in [0.2, 0.25) is 11.5 Å². The Balaban J connectivity index is 4.70. The average Bonchev–Trinajstić information content (AvgIpc) is 2.69. The van der Waals surface area contributed by atoms with E-state index in [-0.39, 0.29) is 24.4 Å². The quantitative estimate of drug-likeness (QED) is 0.153. The number of allylic oxidation sites excluding steroid dienone is 2. The second-order valence-corrected chi connectivity index (χ2v) is 5.85. The molecule has 0 bridgehead atoms. The van der Waals surface area contributed by atoms with Crippen LogP contribution in [0.1, 0.15) is 65.2 Å². The normalized spacial score (nSPS) is 11.6. The summed E-state index contributed by atoms with van der Waals surface area (Å²) in [6.45, 7) is 3.98. The first-order chi connectivity index (χ1) is 13.4. The molecule has 0 aliphatic rings. The van der Waals surface area contributed by atoms with Gasteiger partial charge in [-0.05, 0) is 37.8 Å². The molecule has 0 rings (SSSR count). The predicted molar refractivity (Wildman–Crippen MR) is 101 cm³/mol. The zero-order valence-corrected chi connectivity index (χ0v) is 17.1. The summed E-state index contributed by atoms with van der Waals surface area (Å²) in [6.07, 6.45) is 6.93. The van der Waals surface area contributed by atoms with Crippen molar-refractivity contribution in [2.75, 3.05) is 14.2 Å². The molecule has 28 heavy (non-hydrogen) atoms. The van der Waals surface area contributed by atoms with Crippen LogP contribution in [0, 0.1) is 0 Å². The van der Waals surface area contributed by atoms with E-state index in [1.165, 1.54) is 26.4 Å². The lowest BCUT2D eigenvalue weighted by Gasteiger charge is -2.08. The Bertz CT molecular complexity index is 537. The predicted octanol–water partition coefficient (Wildman–Crippen LogP) is 3.35. The maximum Gasteiger partial charge on any atom is 0.373 e. The highest BCUT2D eigenvalue weighted by atomic mass is 16.6. The van der Waals surface area contributed by atoms with Crippen LogP contribution in [0.5, 0.6) is 0 Å². The molecule has 0 spiro atoms. The number of carbonyl (C=O) groups is 4. The van der Waals surface area contributed by atoms with E-state index in [4.69, 9.17) is 9.47 Å². The standard InChI is InChI=1S/C20H30O8/c1-5-7-9-11-15(19(23)25-3)27-17(21)13-14-18(22)28-16(20(24)26-4)12-10-8-6-2/h11-12H,5-10,13-14H2,1-4H3/b15-11+,16-12+. The summed E-state index contributed by atoms with van der Waals surface area (Å²) in [6, 6.07) is 0. The Hall–Kier alpha value is -2.64. The Morgan fingerprint density at radius 1 is 0.679 bits per heavy atom. The minimum Gasteiger partial charge on any atom is -0.463 e. The maximum atomic E-state index is 11.9. The van der Waals surface area contributed by atoms with Gasteiger partial charge in [-0.2, -0.15) is 0 Å². The first-order valence-corrected chi connectivity index (χ1v) is 9.37. The van der Waals surface area contributed by atoms with Crippen molar-refractivity contribution in [3.8, 4) is 0 Å². The van der Waals surface area contributed by atoms with Crippen LogP contribution in [0.25, 0.3) is 0 Å².